The summed E-state index contributed by atoms with van der Waals surface area (Å²) in [5, 5.41) is 0. The number of hydrogen-bond donors (Lipinski definition) is 1. The lowest BCUT2D eigenvalue weighted by Gasteiger charge is -2.10. The van der Waals surface area contributed by atoms with E-state index in [4.69, 9.17) is 14.3 Å². The van der Waals surface area contributed by atoms with E-state index in [-0.39, 0.29) is 18.1 Å². The Balaban J connectivity index is 1.83. The predicted octanol–water partition coefficient (Wildman–Crippen LogP) is 2.29. The summed E-state index contributed by atoms with van der Waals surface area (Å²) in [5.74, 6) is 1.32. The van der Waals surface area contributed by atoms with E-state index in [1.807, 2.05) is 30.3 Å². The van der Waals surface area contributed by atoms with Crippen LogP contribution in [0.3, 0.4) is 0 Å². The van der Waals surface area contributed by atoms with Crippen LogP contribution in [0.4, 0.5) is 0 Å². The fourth-order valence-corrected chi connectivity index (χ4v) is 2.82. The zero-order valence-corrected chi connectivity index (χ0v) is 13.8. The lowest BCUT2D eigenvalue weighted by Crippen LogP contribution is -2.26. The third-order valence-electron chi connectivity index (χ3n) is 3.04. The van der Waals surface area contributed by atoms with Crippen molar-refractivity contribution in [1.29, 1.82) is 0 Å². The number of para-hydroxylation sites is 1. The summed E-state index contributed by atoms with van der Waals surface area (Å²) in [6.07, 6.45) is 0. The third-order valence-corrected chi connectivity index (χ3v) is 4.25. The Labute approximate surface area is 136 Å². The molecule has 0 fully saturated rings. The van der Waals surface area contributed by atoms with Crippen LogP contribution in [0.15, 0.2) is 53.4 Å². The Morgan fingerprint density at radius 1 is 1.04 bits per heavy atom. The van der Waals surface area contributed by atoms with Crippen LogP contribution in [-0.2, 0) is 14.9 Å². The predicted molar refractivity (Wildman–Crippen MR) is 85.9 cm³/mol. The van der Waals surface area contributed by atoms with Crippen LogP contribution in [0.2, 0.25) is 0 Å². The van der Waals surface area contributed by atoms with E-state index in [0.717, 1.165) is 5.56 Å². The Hall–Kier alpha value is -2.09. The first kappa shape index (κ1) is 17.3. The maximum Gasteiger partial charge on any atom is 0.262 e. The van der Waals surface area contributed by atoms with Gasteiger partial charge in [0.1, 0.15) is 24.7 Å². The molecule has 124 valence electrons. The van der Waals surface area contributed by atoms with Crippen LogP contribution in [0.1, 0.15) is 5.56 Å². The Kier molecular flexibility index (Phi) is 5.97. The van der Waals surface area contributed by atoms with Gasteiger partial charge in [-0.15, -0.1) is 0 Å². The van der Waals surface area contributed by atoms with Crippen molar-refractivity contribution in [3.05, 3.63) is 54.1 Å². The average molecular weight is 337 g/mol. The second kappa shape index (κ2) is 7.96. The Morgan fingerprint density at radius 3 is 2.43 bits per heavy atom. The molecule has 0 spiro atoms. The summed E-state index contributed by atoms with van der Waals surface area (Å²) < 4.78 is 34.7. The van der Waals surface area contributed by atoms with Gasteiger partial charge in [-0.25, -0.2) is 8.42 Å². The molecule has 2 aromatic carbocycles. The number of sulfonamides is 1. The first-order valence-corrected chi connectivity index (χ1v) is 8.47. The molecule has 0 heterocycles. The van der Waals surface area contributed by atoms with Crippen molar-refractivity contribution < 1.29 is 22.7 Å². The summed E-state index contributed by atoms with van der Waals surface area (Å²) in [5.41, 5.74) is 0.725. The second-order valence-electron chi connectivity index (χ2n) is 4.73. The second-order valence-corrected chi connectivity index (χ2v) is 6.37. The highest BCUT2D eigenvalue weighted by Gasteiger charge is 2.15. The minimum absolute atomic E-state index is 0.0866. The van der Waals surface area contributed by atoms with Crippen LogP contribution in [0.5, 0.6) is 11.5 Å². The molecule has 7 heteroatoms. The highest BCUT2D eigenvalue weighted by molar-refractivity contribution is 7.89. The van der Waals surface area contributed by atoms with E-state index >= 15 is 0 Å². The lowest BCUT2D eigenvalue weighted by atomic mass is 10.2. The summed E-state index contributed by atoms with van der Waals surface area (Å²) in [7, 11) is -2.20. The van der Waals surface area contributed by atoms with E-state index < -0.39 is 10.0 Å². The van der Waals surface area contributed by atoms with E-state index in [2.05, 4.69) is 4.89 Å². The number of ether oxygens (including phenoxy) is 2. The van der Waals surface area contributed by atoms with Gasteiger partial charge in [0.05, 0.1) is 12.0 Å². The molecule has 1 N–H and O–H groups in total. The van der Waals surface area contributed by atoms with Crippen LogP contribution in [-0.4, -0.2) is 28.7 Å². The van der Waals surface area contributed by atoms with Crippen molar-refractivity contribution in [2.24, 2.45) is 0 Å². The van der Waals surface area contributed by atoms with Gasteiger partial charge in [0, 0.05) is 0 Å². The quantitative estimate of drug-likeness (QED) is 0.591. The third kappa shape index (κ3) is 4.95. The SMILES string of the molecule is COc1ccc(S(=O)(=O)NOCCOc2ccccc2)cc1C. The standard InChI is InChI=1S/C16H19NO5S/c1-13-12-15(8-9-16(13)20-2)23(18,19)17-22-11-10-21-14-6-4-3-5-7-14/h3-9,12,17H,10-11H2,1-2H3. The first-order valence-electron chi connectivity index (χ1n) is 6.99. The molecular weight excluding hydrogens is 318 g/mol. The first-order chi connectivity index (χ1) is 11.0. The van der Waals surface area contributed by atoms with E-state index in [9.17, 15) is 8.42 Å². The molecule has 0 amide bonds. The van der Waals surface area contributed by atoms with Crippen LogP contribution in [0, 0.1) is 6.92 Å². The van der Waals surface area contributed by atoms with Crippen LogP contribution >= 0.6 is 0 Å². The van der Waals surface area contributed by atoms with Gasteiger partial charge < -0.3 is 9.47 Å². The van der Waals surface area contributed by atoms with Crippen molar-refractivity contribution in [3.8, 4) is 11.5 Å². The van der Waals surface area contributed by atoms with Gasteiger partial charge in [0.15, 0.2) is 0 Å². The summed E-state index contributed by atoms with van der Waals surface area (Å²) in [6, 6.07) is 13.8. The van der Waals surface area contributed by atoms with Crippen molar-refractivity contribution in [2.45, 2.75) is 11.8 Å². The van der Waals surface area contributed by atoms with E-state index in [1.165, 1.54) is 19.2 Å². The van der Waals surface area contributed by atoms with Crippen LogP contribution in [0.25, 0.3) is 0 Å². The summed E-state index contributed by atoms with van der Waals surface area (Å²) >= 11 is 0. The zero-order chi connectivity index (χ0) is 16.7. The number of aryl methyl sites for hydroxylation is 1. The zero-order valence-electron chi connectivity index (χ0n) is 13.0. The maximum atomic E-state index is 12.1. The number of benzene rings is 2. The monoisotopic (exact) mass is 337 g/mol. The molecule has 2 aromatic rings. The number of rotatable bonds is 8. The van der Waals surface area contributed by atoms with Gasteiger partial charge in [-0.1, -0.05) is 23.1 Å². The molecule has 0 saturated carbocycles. The topological polar surface area (TPSA) is 73.9 Å². The molecule has 0 aromatic heterocycles. The molecule has 0 aliphatic carbocycles. The van der Waals surface area contributed by atoms with Crippen molar-refractivity contribution in [2.75, 3.05) is 20.3 Å². The molecule has 0 saturated heterocycles. The maximum absolute atomic E-state index is 12.1. The molecular formula is C16H19NO5S. The molecule has 0 radical (unpaired) electrons. The summed E-state index contributed by atoms with van der Waals surface area (Å²) in [6.45, 7) is 2.09. The molecule has 23 heavy (non-hydrogen) atoms. The van der Waals surface area contributed by atoms with Gasteiger partial charge in [0.25, 0.3) is 10.0 Å². The van der Waals surface area contributed by atoms with Crippen molar-refractivity contribution in [1.82, 2.24) is 4.89 Å². The van der Waals surface area contributed by atoms with Crippen molar-refractivity contribution in [3.63, 3.8) is 0 Å². The molecule has 0 aliphatic rings. The molecule has 0 bridgehead atoms. The van der Waals surface area contributed by atoms with Gasteiger partial charge in [0.2, 0.25) is 0 Å². The molecule has 2 rings (SSSR count). The minimum atomic E-state index is -3.74. The fraction of sp³-hybridized carbons (Fsp3) is 0.250. The molecule has 6 nitrogen and oxygen atoms in total. The van der Waals surface area contributed by atoms with E-state index in [0.29, 0.717) is 11.5 Å². The number of hydrogen-bond acceptors (Lipinski definition) is 5. The largest absolute Gasteiger partial charge is 0.496 e. The fourth-order valence-electron chi connectivity index (χ4n) is 1.90. The highest BCUT2D eigenvalue weighted by atomic mass is 32.2. The van der Waals surface area contributed by atoms with Crippen LogP contribution < -0.4 is 14.4 Å². The Bertz CT molecular complexity index is 731. The lowest BCUT2D eigenvalue weighted by molar-refractivity contribution is 0.0665. The van der Waals surface area contributed by atoms with Gasteiger partial charge in [-0.05, 0) is 42.8 Å². The normalized spacial score (nSPS) is 11.2. The number of methoxy groups -OCH3 is 1. The molecule has 0 unspecified atom stereocenters. The highest BCUT2D eigenvalue weighted by Crippen LogP contribution is 2.21. The average Bonchev–Trinajstić information content (AvgIpc) is 2.55. The van der Waals surface area contributed by atoms with Gasteiger partial charge in [-0.2, -0.15) is 0 Å². The minimum Gasteiger partial charge on any atom is -0.496 e. The Morgan fingerprint density at radius 2 is 1.78 bits per heavy atom. The van der Waals surface area contributed by atoms with Gasteiger partial charge in [-0.3, -0.25) is 4.84 Å². The molecule has 0 aliphatic heterocycles. The van der Waals surface area contributed by atoms with Gasteiger partial charge >= 0.3 is 0 Å². The van der Waals surface area contributed by atoms with E-state index in [1.54, 1.807) is 13.0 Å². The van der Waals surface area contributed by atoms with Crippen molar-refractivity contribution >= 4 is 10.0 Å². The summed E-state index contributed by atoms with van der Waals surface area (Å²) in [4.78, 5) is 7.17. The smallest absolute Gasteiger partial charge is 0.262 e. The number of nitrogens with one attached hydrogen (secondary N) is 1. The molecule has 0 atom stereocenters.